The zero-order chi connectivity index (χ0) is 26.6. The van der Waals surface area contributed by atoms with Crippen LogP contribution < -0.4 is 10.2 Å². The molecule has 2 aromatic carbocycles. The Morgan fingerprint density at radius 1 is 1.08 bits per heavy atom. The molecule has 38 heavy (non-hydrogen) atoms. The second-order valence-electron chi connectivity index (χ2n) is 9.40. The Kier molecular flexibility index (Phi) is 7.42. The van der Waals surface area contributed by atoms with Crippen LogP contribution in [0.4, 0.5) is 14.6 Å². The van der Waals surface area contributed by atoms with E-state index in [1.165, 1.54) is 18.2 Å². The number of carbonyl (C=O) groups is 1. The summed E-state index contributed by atoms with van der Waals surface area (Å²) in [4.78, 5) is 24.3. The number of carbonyl (C=O) groups excluding carboxylic acids is 1. The van der Waals surface area contributed by atoms with Crippen molar-refractivity contribution < 1.29 is 18.3 Å². The minimum atomic E-state index is -0.467. The molecular formula is C30H28F2N4O2. The molecule has 1 amide bonds. The number of aryl methyl sites for hydroxylation is 1. The Morgan fingerprint density at radius 3 is 2.63 bits per heavy atom. The summed E-state index contributed by atoms with van der Waals surface area (Å²) >= 11 is 0. The molecule has 1 N–H and O–H groups in total. The molecule has 4 aromatic rings. The molecule has 0 radical (unpaired) electrons. The molecule has 2 aromatic heterocycles. The molecule has 0 unspecified atom stereocenters. The number of amides is 1. The SMILES string of the molecule is Cc1ccc(-c2cc(C(=O)N[C@H](C)c3ccc(F)cn3)cc(N3CCO[C@H](c4ccccc4)C3)n2)c(F)c1. The van der Waals surface area contributed by atoms with Gasteiger partial charge >= 0.3 is 0 Å². The van der Waals surface area contributed by atoms with Crippen molar-refractivity contribution >= 4 is 11.7 Å². The number of pyridine rings is 2. The van der Waals surface area contributed by atoms with Gasteiger partial charge in [0, 0.05) is 24.2 Å². The maximum absolute atomic E-state index is 15.0. The zero-order valence-electron chi connectivity index (χ0n) is 21.2. The van der Waals surface area contributed by atoms with E-state index in [2.05, 4.69) is 15.2 Å². The van der Waals surface area contributed by atoms with Crippen molar-refractivity contribution in [3.8, 4) is 11.3 Å². The number of rotatable bonds is 6. The number of nitrogens with one attached hydrogen (secondary N) is 1. The van der Waals surface area contributed by atoms with Gasteiger partial charge in [0.1, 0.15) is 23.6 Å². The number of ether oxygens (including phenoxy) is 1. The number of morpholine rings is 1. The highest BCUT2D eigenvalue weighted by Crippen LogP contribution is 2.30. The van der Waals surface area contributed by atoms with Crippen molar-refractivity contribution in [1.82, 2.24) is 15.3 Å². The van der Waals surface area contributed by atoms with Gasteiger partial charge in [-0.25, -0.2) is 13.8 Å². The molecule has 8 heteroatoms. The fraction of sp³-hybridized carbons (Fsp3) is 0.233. The summed E-state index contributed by atoms with van der Waals surface area (Å²) in [6.45, 7) is 5.19. The molecule has 1 aliphatic heterocycles. The summed E-state index contributed by atoms with van der Waals surface area (Å²) < 4.78 is 34.3. The Hall–Kier alpha value is -4.17. The Balaban J connectivity index is 1.48. The van der Waals surface area contributed by atoms with Gasteiger partial charge in [0.05, 0.1) is 30.2 Å². The molecule has 3 heterocycles. The highest BCUT2D eigenvalue weighted by Gasteiger charge is 2.25. The average molecular weight is 515 g/mol. The first-order chi connectivity index (χ1) is 18.4. The first-order valence-corrected chi connectivity index (χ1v) is 12.5. The van der Waals surface area contributed by atoms with Crippen LogP contribution in [-0.2, 0) is 4.74 Å². The van der Waals surface area contributed by atoms with Crippen LogP contribution >= 0.6 is 0 Å². The maximum Gasteiger partial charge on any atom is 0.252 e. The summed E-state index contributed by atoms with van der Waals surface area (Å²) in [7, 11) is 0. The van der Waals surface area contributed by atoms with E-state index in [-0.39, 0.29) is 12.0 Å². The van der Waals surface area contributed by atoms with Crippen molar-refractivity contribution in [3.05, 3.63) is 113 Å². The number of benzene rings is 2. The highest BCUT2D eigenvalue weighted by molar-refractivity contribution is 5.96. The van der Waals surface area contributed by atoms with E-state index in [0.29, 0.717) is 48.0 Å². The molecule has 1 aliphatic rings. The third kappa shape index (κ3) is 5.70. The van der Waals surface area contributed by atoms with E-state index in [1.54, 1.807) is 25.1 Å². The lowest BCUT2D eigenvalue weighted by Crippen LogP contribution is -2.39. The van der Waals surface area contributed by atoms with Crippen LogP contribution in [0.15, 0.2) is 79.0 Å². The average Bonchev–Trinajstić information content (AvgIpc) is 2.93. The zero-order valence-corrected chi connectivity index (χ0v) is 21.2. The van der Waals surface area contributed by atoms with Crippen LogP contribution in [-0.4, -0.2) is 35.6 Å². The third-order valence-corrected chi connectivity index (χ3v) is 6.58. The van der Waals surface area contributed by atoms with Crippen LogP contribution in [0.2, 0.25) is 0 Å². The largest absolute Gasteiger partial charge is 0.370 e. The van der Waals surface area contributed by atoms with Gasteiger partial charge in [0.25, 0.3) is 5.91 Å². The van der Waals surface area contributed by atoms with E-state index in [9.17, 15) is 13.6 Å². The van der Waals surface area contributed by atoms with Crippen LogP contribution in [0.3, 0.4) is 0 Å². The van der Waals surface area contributed by atoms with Gasteiger partial charge in [-0.15, -0.1) is 0 Å². The summed E-state index contributed by atoms with van der Waals surface area (Å²) in [6, 6.07) is 20.5. The molecule has 0 spiro atoms. The van der Waals surface area contributed by atoms with Gasteiger partial charge in [0.2, 0.25) is 0 Å². The maximum atomic E-state index is 15.0. The lowest BCUT2D eigenvalue weighted by Gasteiger charge is -2.34. The fourth-order valence-electron chi connectivity index (χ4n) is 4.50. The van der Waals surface area contributed by atoms with E-state index in [1.807, 2.05) is 43.3 Å². The number of aromatic nitrogens is 2. The van der Waals surface area contributed by atoms with Crippen LogP contribution in [0.5, 0.6) is 0 Å². The summed E-state index contributed by atoms with van der Waals surface area (Å²) in [6.07, 6.45) is 0.955. The van der Waals surface area contributed by atoms with Gasteiger partial charge in [-0.2, -0.15) is 0 Å². The lowest BCUT2D eigenvalue weighted by molar-refractivity contribution is 0.0395. The number of hydrogen-bond acceptors (Lipinski definition) is 5. The second kappa shape index (κ2) is 11.1. The minimum absolute atomic E-state index is 0.159. The van der Waals surface area contributed by atoms with Gasteiger partial charge in [-0.05, 0) is 61.4 Å². The number of hydrogen-bond donors (Lipinski definition) is 1. The number of halogens is 2. The monoisotopic (exact) mass is 514 g/mol. The van der Waals surface area contributed by atoms with Gasteiger partial charge in [0.15, 0.2) is 0 Å². The van der Waals surface area contributed by atoms with Gasteiger partial charge in [-0.3, -0.25) is 9.78 Å². The summed E-state index contributed by atoms with van der Waals surface area (Å²) in [5.41, 5.74) is 3.38. The molecule has 1 fully saturated rings. The normalized spacial score (nSPS) is 16.2. The van der Waals surface area contributed by atoms with Crippen molar-refractivity contribution in [2.75, 3.05) is 24.6 Å². The van der Waals surface area contributed by atoms with E-state index >= 15 is 0 Å². The topological polar surface area (TPSA) is 67.4 Å². The van der Waals surface area contributed by atoms with Crippen LogP contribution in [0, 0.1) is 18.6 Å². The Labute approximate surface area is 220 Å². The second-order valence-corrected chi connectivity index (χ2v) is 9.40. The number of nitrogens with zero attached hydrogens (tertiary/aromatic N) is 3. The van der Waals surface area contributed by atoms with E-state index in [4.69, 9.17) is 9.72 Å². The van der Waals surface area contributed by atoms with Crippen molar-refractivity contribution in [2.45, 2.75) is 26.0 Å². The number of anilines is 1. The van der Waals surface area contributed by atoms with Crippen molar-refractivity contribution in [2.24, 2.45) is 0 Å². The molecule has 0 bridgehead atoms. The lowest BCUT2D eigenvalue weighted by atomic mass is 10.0. The third-order valence-electron chi connectivity index (χ3n) is 6.58. The van der Waals surface area contributed by atoms with E-state index < -0.39 is 17.7 Å². The van der Waals surface area contributed by atoms with Gasteiger partial charge in [-0.1, -0.05) is 36.4 Å². The summed E-state index contributed by atoms with van der Waals surface area (Å²) in [5, 5.41) is 2.91. The highest BCUT2D eigenvalue weighted by atomic mass is 19.1. The molecule has 0 aliphatic carbocycles. The smallest absolute Gasteiger partial charge is 0.252 e. The van der Waals surface area contributed by atoms with E-state index in [0.717, 1.165) is 17.3 Å². The predicted octanol–water partition coefficient (Wildman–Crippen LogP) is 5.80. The molecule has 5 rings (SSSR count). The Morgan fingerprint density at radius 2 is 1.89 bits per heavy atom. The predicted molar refractivity (Wildman–Crippen MR) is 142 cm³/mol. The fourth-order valence-corrected chi connectivity index (χ4v) is 4.50. The molecule has 1 saturated heterocycles. The minimum Gasteiger partial charge on any atom is -0.370 e. The molecule has 2 atom stereocenters. The molecule has 6 nitrogen and oxygen atoms in total. The standard InChI is InChI=1S/C30H28F2N4O2/c1-19-8-10-24(25(32)14-19)27-15-22(30(37)34-20(2)26-11-9-23(31)17-33-26)16-29(35-27)36-12-13-38-28(18-36)21-6-4-3-5-7-21/h3-11,14-17,20,28H,12-13,18H2,1-2H3,(H,34,37)/t20-,28+/m1/s1. The van der Waals surface area contributed by atoms with Gasteiger partial charge < -0.3 is 15.0 Å². The van der Waals surface area contributed by atoms with Crippen molar-refractivity contribution in [1.29, 1.82) is 0 Å². The Bertz CT molecular complexity index is 1430. The van der Waals surface area contributed by atoms with Crippen molar-refractivity contribution in [3.63, 3.8) is 0 Å². The first-order valence-electron chi connectivity index (χ1n) is 12.5. The van der Waals surface area contributed by atoms with Crippen LogP contribution in [0.1, 0.15) is 46.2 Å². The summed E-state index contributed by atoms with van der Waals surface area (Å²) in [5.74, 6) is -0.664. The molecule has 0 saturated carbocycles. The van der Waals surface area contributed by atoms with Crippen LogP contribution in [0.25, 0.3) is 11.3 Å². The first kappa shape index (κ1) is 25.5. The quantitative estimate of drug-likeness (QED) is 0.352. The molecule has 194 valence electrons. The molecular weight excluding hydrogens is 486 g/mol.